The molecule has 0 aliphatic heterocycles. The van der Waals surface area contributed by atoms with E-state index in [1.165, 1.54) is 10.9 Å². The van der Waals surface area contributed by atoms with Crippen LogP contribution in [0.15, 0.2) is 80.9 Å². The highest BCUT2D eigenvalue weighted by Crippen LogP contribution is 2.37. The lowest BCUT2D eigenvalue weighted by Crippen LogP contribution is -2.21. The number of methoxy groups -OCH3 is 1. The lowest BCUT2D eigenvalue weighted by molar-refractivity contribution is 0.0949. The van der Waals surface area contributed by atoms with Crippen LogP contribution in [-0.2, 0) is 13.2 Å². The molecule has 0 saturated carbocycles. The summed E-state index contributed by atoms with van der Waals surface area (Å²) in [5, 5.41) is 22.8. The lowest BCUT2D eigenvalue weighted by Gasteiger charge is -2.14. The second kappa shape index (κ2) is 13.0. The summed E-state index contributed by atoms with van der Waals surface area (Å²) >= 11 is 3.55. The quantitative estimate of drug-likeness (QED) is 0.141. The van der Waals surface area contributed by atoms with Crippen LogP contribution in [0.2, 0.25) is 0 Å². The molecule has 0 aliphatic rings. The van der Waals surface area contributed by atoms with Crippen LogP contribution in [0.1, 0.15) is 32.9 Å². The number of benzene rings is 3. The largest absolute Gasteiger partial charge is 0.493 e. The van der Waals surface area contributed by atoms with Gasteiger partial charge in [0.05, 0.1) is 30.0 Å². The smallest absolute Gasteiger partial charge is 0.293 e. The van der Waals surface area contributed by atoms with Gasteiger partial charge in [-0.1, -0.05) is 53.2 Å². The fraction of sp³-hybridized carbons (Fsp3) is 0.143. The maximum Gasteiger partial charge on any atom is 0.293 e. The van der Waals surface area contributed by atoms with Crippen LogP contribution < -0.4 is 25.9 Å². The predicted molar refractivity (Wildman–Crippen MR) is 159 cm³/mol. The summed E-state index contributed by atoms with van der Waals surface area (Å²) in [5.74, 6) is 0.560. The van der Waals surface area contributed by atoms with Crippen LogP contribution in [-0.4, -0.2) is 44.5 Å². The zero-order valence-corrected chi connectivity index (χ0v) is 24.2. The number of aryl methyl sites for hydroxylation is 1. The third kappa shape index (κ3) is 6.55. The monoisotopic (exact) mass is 631 g/mol. The number of nitrogens with zero attached hydrogens (tertiary/aromatic N) is 6. The zero-order valence-electron chi connectivity index (χ0n) is 22.6. The maximum atomic E-state index is 13.1. The Balaban J connectivity index is 1.31. The predicted octanol–water partition coefficient (Wildman–Crippen LogP) is 4.27. The van der Waals surface area contributed by atoms with Crippen molar-refractivity contribution in [3.63, 3.8) is 0 Å². The minimum atomic E-state index is -0.596. The highest BCUT2D eigenvalue weighted by molar-refractivity contribution is 9.10. The Morgan fingerprint density at radius 2 is 1.98 bits per heavy atom. The van der Waals surface area contributed by atoms with Gasteiger partial charge >= 0.3 is 0 Å². The molecule has 0 fully saturated rings. The summed E-state index contributed by atoms with van der Waals surface area (Å²) in [5.41, 5.74) is 12.4. The number of carbonyl (C=O) groups is 1. The van der Waals surface area contributed by atoms with E-state index in [1.807, 2.05) is 55.5 Å². The molecule has 0 bridgehead atoms. The van der Waals surface area contributed by atoms with E-state index in [2.05, 4.69) is 58.5 Å². The molecule has 5 rings (SSSR count). The summed E-state index contributed by atoms with van der Waals surface area (Å²) in [7, 11) is 1.55. The van der Waals surface area contributed by atoms with Gasteiger partial charge in [0.15, 0.2) is 17.2 Å². The lowest BCUT2D eigenvalue weighted by atomic mass is 10.1. The highest BCUT2D eigenvalue weighted by Gasteiger charge is 2.24. The van der Waals surface area contributed by atoms with Crippen molar-refractivity contribution in [2.45, 2.75) is 20.1 Å². The number of nitrogens with two attached hydrogens (primary N) is 1. The number of ether oxygens (including phenoxy) is 2. The maximum absolute atomic E-state index is 13.1. The molecule has 3 aromatic carbocycles. The van der Waals surface area contributed by atoms with Crippen LogP contribution in [0, 0.1) is 6.92 Å². The first kappa shape index (κ1) is 28.3. The molecule has 0 atom stereocenters. The number of nitrogens with one attached hydrogen (secondary N) is 2. The molecular formula is C28H26BrN9O4. The number of aromatic nitrogens is 5. The van der Waals surface area contributed by atoms with Gasteiger partial charge in [-0.2, -0.15) is 9.78 Å². The van der Waals surface area contributed by atoms with Crippen molar-refractivity contribution in [3.05, 3.63) is 99.3 Å². The third-order valence-corrected chi connectivity index (χ3v) is 6.59. The molecule has 0 unspecified atom stereocenters. The standard InChI is InChI=1S/C28H26BrN9O4/c1-17-7-6-8-18(11-17)16-41-25-21(29)12-19(13-23(25)40-2)14-32-34-28(39)24-22(15-31-20-9-4-3-5-10-20)38(37-33-24)27-26(30)35-42-36-27/h3-14,31H,15-16H2,1-2H3,(H2,30,35)(H,34,39)/b32-14+. The van der Waals surface area contributed by atoms with Gasteiger partial charge in [-0.05, 0) is 68.6 Å². The van der Waals surface area contributed by atoms with Gasteiger partial charge in [0.2, 0.25) is 11.6 Å². The molecule has 2 aromatic heterocycles. The van der Waals surface area contributed by atoms with Gasteiger partial charge in [-0.3, -0.25) is 4.79 Å². The molecule has 13 nitrogen and oxygen atoms in total. The summed E-state index contributed by atoms with van der Waals surface area (Å²) in [6, 6.07) is 21.1. The minimum Gasteiger partial charge on any atom is -0.493 e. The fourth-order valence-electron chi connectivity index (χ4n) is 4.02. The molecule has 2 heterocycles. The topological polar surface area (TPSA) is 168 Å². The van der Waals surface area contributed by atoms with E-state index in [4.69, 9.17) is 19.8 Å². The number of halogens is 1. The first-order chi connectivity index (χ1) is 20.4. The Bertz CT molecular complexity index is 1720. The number of anilines is 2. The highest BCUT2D eigenvalue weighted by atomic mass is 79.9. The summed E-state index contributed by atoms with van der Waals surface area (Å²) in [6.07, 6.45) is 1.47. The summed E-state index contributed by atoms with van der Waals surface area (Å²) < 4.78 is 18.2. The third-order valence-electron chi connectivity index (χ3n) is 6.01. The van der Waals surface area contributed by atoms with E-state index in [0.717, 1.165) is 16.8 Å². The van der Waals surface area contributed by atoms with Gasteiger partial charge in [-0.15, -0.1) is 5.10 Å². The number of hydrogen-bond donors (Lipinski definition) is 3. The van der Waals surface area contributed by atoms with Gasteiger partial charge in [0.1, 0.15) is 6.61 Å². The molecule has 14 heteroatoms. The van der Waals surface area contributed by atoms with E-state index in [1.54, 1.807) is 19.2 Å². The molecule has 0 saturated heterocycles. The van der Waals surface area contributed by atoms with Crippen LogP contribution in [0.5, 0.6) is 11.5 Å². The van der Waals surface area contributed by atoms with E-state index >= 15 is 0 Å². The molecule has 214 valence electrons. The summed E-state index contributed by atoms with van der Waals surface area (Å²) in [4.78, 5) is 13.1. The average Bonchev–Trinajstić information content (AvgIpc) is 3.61. The molecule has 0 radical (unpaired) electrons. The Morgan fingerprint density at radius 3 is 2.71 bits per heavy atom. The van der Waals surface area contributed by atoms with E-state index in [9.17, 15) is 4.79 Å². The van der Waals surface area contributed by atoms with Crippen molar-refractivity contribution in [1.82, 2.24) is 30.7 Å². The van der Waals surface area contributed by atoms with Crippen molar-refractivity contribution in [2.24, 2.45) is 5.10 Å². The first-order valence-corrected chi connectivity index (χ1v) is 13.4. The minimum absolute atomic E-state index is 0.00308. The van der Waals surface area contributed by atoms with E-state index in [-0.39, 0.29) is 23.9 Å². The average molecular weight is 632 g/mol. The van der Waals surface area contributed by atoms with Crippen molar-refractivity contribution in [3.8, 4) is 17.3 Å². The Labute approximate surface area is 248 Å². The second-order valence-electron chi connectivity index (χ2n) is 9.00. The van der Waals surface area contributed by atoms with Crippen LogP contribution in [0.25, 0.3) is 5.82 Å². The van der Waals surface area contributed by atoms with Crippen molar-refractivity contribution in [2.75, 3.05) is 18.2 Å². The number of amides is 1. The van der Waals surface area contributed by atoms with Crippen LogP contribution in [0.4, 0.5) is 11.5 Å². The number of hydrogen-bond acceptors (Lipinski definition) is 11. The number of rotatable bonds is 11. The fourth-order valence-corrected chi connectivity index (χ4v) is 4.59. The molecule has 1 amide bonds. The van der Waals surface area contributed by atoms with Crippen molar-refractivity contribution in [1.29, 1.82) is 0 Å². The number of nitrogen functional groups attached to an aromatic ring is 1. The molecule has 4 N–H and O–H groups in total. The molecular weight excluding hydrogens is 606 g/mol. The SMILES string of the molecule is COc1cc(/C=N/NC(=O)c2nnn(-c3nonc3N)c2CNc2ccccc2)cc(Br)c1OCc1cccc(C)c1. The van der Waals surface area contributed by atoms with Crippen LogP contribution >= 0.6 is 15.9 Å². The Morgan fingerprint density at radius 1 is 1.14 bits per heavy atom. The Hall–Kier alpha value is -5.24. The molecule has 42 heavy (non-hydrogen) atoms. The number of hydrazone groups is 1. The molecule has 5 aromatic rings. The Kier molecular flexibility index (Phi) is 8.72. The van der Waals surface area contributed by atoms with Gasteiger partial charge < -0.3 is 20.5 Å². The van der Waals surface area contributed by atoms with Gasteiger partial charge in [-0.25, -0.2) is 10.1 Å². The van der Waals surface area contributed by atoms with Gasteiger partial charge in [0.25, 0.3) is 5.91 Å². The molecule has 0 spiro atoms. The number of para-hydroxylation sites is 1. The van der Waals surface area contributed by atoms with E-state index < -0.39 is 5.91 Å². The van der Waals surface area contributed by atoms with Gasteiger partial charge in [0, 0.05) is 5.69 Å². The summed E-state index contributed by atoms with van der Waals surface area (Å²) in [6.45, 7) is 2.57. The second-order valence-corrected chi connectivity index (χ2v) is 9.85. The zero-order chi connectivity index (χ0) is 29.5. The molecule has 0 aliphatic carbocycles. The van der Waals surface area contributed by atoms with Crippen molar-refractivity contribution >= 4 is 39.6 Å². The van der Waals surface area contributed by atoms with E-state index in [0.29, 0.717) is 33.8 Å². The van der Waals surface area contributed by atoms with Crippen LogP contribution in [0.3, 0.4) is 0 Å². The first-order valence-electron chi connectivity index (χ1n) is 12.6. The normalized spacial score (nSPS) is 11.0. The number of carbonyl (C=O) groups excluding carboxylic acids is 1. The van der Waals surface area contributed by atoms with Crippen molar-refractivity contribution < 1.29 is 18.9 Å².